The normalized spacial score (nSPS) is 9.76. The molecule has 1 rings (SSSR count). The fraction of sp³-hybridized carbons (Fsp3) is 0.273. The lowest BCUT2D eigenvalue weighted by molar-refractivity contribution is -0.135. The summed E-state index contributed by atoms with van der Waals surface area (Å²) < 4.78 is 0. The van der Waals surface area contributed by atoms with E-state index in [9.17, 15) is 9.59 Å². The number of carbonyl (C=O) groups excluding carboxylic acids is 1. The van der Waals surface area contributed by atoms with Crippen LogP contribution in [0.5, 0.6) is 0 Å². The van der Waals surface area contributed by atoms with Gasteiger partial charge in [-0.2, -0.15) is 0 Å². The summed E-state index contributed by atoms with van der Waals surface area (Å²) in [5.41, 5.74) is 6.99. The molecule has 17 heavy (non-hydrogen) atoms. The van der Waals surface area contributed by atoms with Crippen molar-refractivity contribution < 1.29 is 14.7 Å². The first-order chi connectivity index (χ1) is 7.95. The molecule has 0 aliphatic heterocycles. The Bertz CT molecular complexity index is 446. The van der Waals surface area contributed by atoms with Crippen LogP contribution in [0.2, 0.25) is 0 Å². The number of nitrogens with one attached hydrogen (secondary N) is 1. The van der Waals surface area contributed by atoms with Gasteiger partial charge >= 0.3 is 5.97 Å². The second kappa shape index (κ2) is 5.20. The van der Waals surface area contributed by atoms with Crippen molar-refractivity contribution in [3.05, 3.63) is 23.8 Å². The third kappa shape index (κ3) is 3.10. The molecule has 0 saturated heterocycles. The molecule has 4 N–H and O–H groups in total. The number of anilines is 2. The van der Waals surface area contributed by atoms with Crippen LogP contribution in [0.3, 0.4) is 0 Å². The molecule has 0 aromatic heterocycles. The summed E-state index contributed by atoms with van der Waals surface area (Å²) in [6.07, 6.45) is 0. The fourth-order valence-electron chi connectivity index (χ4n) is 1.48. The Balaban J connectivity index is 3.14. The van der Waals surface area contributed by atoms with Crippen LogP contribution in [0.15, 0.2) is 18.2 Å². The first-order valence-electron chi connectivity index (χ1n) is 5.00. The number of hydrogen-bond donors (Lipinski definition) is 3. The Morgan fingerprint density at radius 3 is 2.65 bits per heavy atom. The lowest BCUT2D eigenvalue weighted by atomic mass is 10.1. The zero-order valence-electron chi connectivity index (χ0n) is 9.73. The zero-order chi connectivity index (χ0) is 13.0. The van der Waals surface area contributed by atoms with Gasteiger partial charge in [-0.25, -0.2) is 0 Å². The van der Waals surface area contributed by atoms with Crippen molar-refractivity contribution in [3.8, 4) is 0 Å². The van der Waals surface area contributed by atoms with E-state index < -0.39 is 5.97 Å². The smallest absolute Gasteiger partial charge is 0.323 e. The average molecular weight is 237 g/mol. The summed E-state index contributed by atoms with van der Waals surface area (Å²) in [6, 6.07) is 4.75. The van der Waals surface area contributed by atoms with E-state index in [2.05, 4.69) is 5.32 Å². The number of carboxylic acid groups (broad SMARTS) is 1. The molecule has 0 atom stereocenters. The van der Waals surface area contributed by atoms with Gasteiger partial charge in [-0.3, -0.25) is 9.59 Å². The topological polar surface area (TPSA) is 95.7 Å². The van der Waals surface area contributed by atoms with Gasteiger partial charge in [-0.05, 0) is 18.2 Å². The van der Waals surface area contributed by atoms with Crippen molar-refractivity contribution in [2.45, 2.75) is 0 Å². The van der Waals surface area contributed by atoms with Crippen LogP contribution in [0, 0.1) is 0 Å². The molecule has 0 aliphatic rings. The van der Waals surface area contributed by atoms with Gasteiger partial charge in [0.1, 0.15) is 6.54 Å². The molecule has 0 aliphatic carbocycles. The molecule has 0 heterocycles. The predicted octanol–water partition coefficient (Wildman–Crippen LogP) is 0.149. The number of hydrogen-bond acceptors (Lipinski definition) is 4. The molecular formula is C11H15N3O3. The summed E-state index contributed by atoms with van der Waals surface area (Å²) >= 11 is 0. The Kier molecular flexibility index (Phi) is 3.92. The SMILES string of the molecule is CNC(=O)c1ccc(N)cc1N(C)CC(=O)O. The number of likely N-dealkylation sites (N-methyl/N-ethyl adjacent to an activating group) is 1. The molecule has 0 fully saturated rings. The Labute approximate surface area is 99.0 Å². The highest BCUT2D eigenvalue weighted by molar-refractivity contribution is 6.00. The van der Waals surface area contributed by atoms with Crippen LogP contribution >= 0.6 is 0 Å². The Morgan fingerprint density at radius 1 is 1.47 bits per heavy atom. The van der Waals surface area contributed by atoms with E-state index in [4.69, 9.17) is 10.8 Å². The molecule has 0 radical (unpaired) electrons. The van der Waals surface area contributed by atoms with Crippen LogP contribution in [0.1, 0.15) is 10.4 Å². The van der Waals surface area contributed by atoms with Gasteiger partial charge in [0.05, 0.1) is 11.3 Å². The van der Waals surface area contributed by atoms with E-state index >= 15 is 0 Å². The third-order valence-corrected chi connectivity index (χ3v) is 2.28. The molecule has 0 spiro atoms. The van der Waals surface area contributed by atoms with Gasteiger partial charge in [0.2, 0.25) is 0 Å². The van der Waals surface area contributed by atoms with Crippen molar-refractivity contribution in [1.82, 2.24) is 5.32 Å². The molecule has 6 heteroatoms. The maximum atomic E-state index is 11.6. The van der Waals surface area contributed by atoms with Crippen LogP contribution in [0.4, 0.5) is 11.4 Å². The summed E-state index contributed by atoms with van der Waals surface area (Å²) in [4.78, 5) is 23.7. The van der Waals surface area contributed by atoms with Crippen LogP contribution in [-0.4, -0.2) is 37.6 Å². The molecule has 1 aromatic rings. The number of benzene rings is 1. The standard InChI is InChI=1S/C11H15N3O3/c1-13-11(17)8-4-3-7(12)5-9(8)14(2)6-10(15)16/h3-5H,6,12H2,1-2H3,(H,13,17)(H,15,16). The van der Waals surface area contributed by atoms with Crippen LogP contribution in [-0.2, 0) is 4.79 Å². The highest BCUT2D eigenvalue weighted by Gasteiger charge is 2.15. The summed E-state index contributed by atoms with van der Waals surface area (Å²) in [7, 11) is 3.11. The quantitative estimate of drug-likeness (QED) is 0.648. The third-order valence-electron chi connectivity index (χ3n) is 2.28. The van der Waals surface area contributed by atoms with Crippen molar-refractivity contribution in [1.29, 1.82) is 0 Å². The van der Waals surface area contributed by atoms with E-state index in [0.717, 1.165) is 0 Å². The van der Waals surface area contributed by atoms with Crippen molar-refractivity contribution in [2.24, 2.45) is 0 Å². The maximum absolute atomic E-state index is 11.6. The maximum Gasteiger partial charge on any atom is 0.323 e. The Hall–Kier alpha value is -2.24. The highest BCUT2D eigenvalue weighted by Crippen LogP contribution is 2.22. The first-order valence-corrected chi connectivity index (χ1v) is 5.00. The molecule has 92 valence electrons. The molecule has 0 bridgehead atoms. The zero-order valence-corrected chi connectivity index (χ0v) is 9.73. The van der Waals surface area contributed by atoms with E-state index in [1.165, 1.54) is 11.9 Å². The minimum absolute atomic E-state index is 0.201. The van der Waals surface area contributed by atoms with E-state index in [-0.39, 0.29) is 12.5 Å². The second-order valence-electron chi connectivity index (χ2n) is 3.61. The van der Waals surface area contributed by atoms with Crippen LogP contribution in [0.25, 0.3) is 0 Å². The number of carbonyl (C=O) groups is 2. The summed E-state index contributed by atoms with van der Waals surface area (Å²) in [5, 5.41) is 11.2. The highest BCUT2D eigenvalue weighted by atomic mass is 16.4. The van der Waals surface area contributed by atoms with Gasteiger partial charge in [-0.15, -0.1) is 0 Å². The van der Waals surface area contributed by atoms with E-state index in [1.807, 2.05) is 0 Å². The lowest BCUT2D eigenvalue weighted by Gasteiger charge is -2.20. The number of carboxylic acids is 1. The van der Waals surface area contributed by atoms with Crippen molar-refractivity contribution >= 4 is 23.3 Å². The minimum Gasteiger partial charge on any atom is -0.480 e. The average Bonchev–Trinajstić information content (AvgIpc) is 2.27. The van der Waals surface area contributed by atoms with Gasteiger partial charge in [-0.1, -0.05) is 0 Å². The number of aliphatic carboxylic acids is 1. The molecule has 1 amide bonds. The predicted molar refractivity (Wildman–Crippen MR) is 65.2 cm³/mol. The summed E-state index contributed by atoms with van der Waals surface area (Å²) in [5.74, 6) is -1.25. The lowest BCUT2D eigenvalue weighted by Crippen LogP contribution is -2.28. The number of amides is 1. The van der Waals surface area contributed by atoms with Gasteiger partial charge < -0.3 is 21.1 Å². The molecular weight excluding hydrogens is 222 g/mol. The summed E-state index contributed by atoms with van der Waals surface area (Å²) in [6.45, 7) is -0.201. The van der Waals surface area contributed by atoms with E-state index in [1.54, 1.807) is 25.2 Å². The fourth-order valence-corrected chi connectivity index (χ4v) is 1.48. The molecule has 0 unspecified atom stereocenters. The van der Waals surface area contributed by atoms with E-state index in [0.29, 0.717) is 16.9 Å². The molecule has 0 saturated carbocycles. The van der Waals surface area contributed by atoms with Crippen molar-refractivity contribution in [3.63, 3.8) is 0 Å². The number of nitrogens with two attached hydrogens (primary N) is 1. The number of rotatable bonds is 4. The monoisotopic (exact) mass is 237 g/mol. The van der Waals surface area contributed by atoms with Crippen molar-refractivity contribution in [2.75, 3.05) is 31.3 Å². The van der Waals surface area contributed by atoms with Gasteiger partial charge in [0.15, 0.2) is 0 Å². The van der Waals surface area contributed by atoms with Gasteiger partial charge in [0.25, 0.3) is 5.91 Å². The molecule has 6 nitrogen and oxygen atoms in total. The second-order valence-corrected chi connectivity index (χ2v) is 3.61. The van der Waals surface area contributed by atoms with Crippen LogP contribution < -0.4 is 16.0 Å². The Morgan fingerprint density at radius 2 is 2.12 bits per heavy atom. The molecule has 1 aromatic carbocycles. The number of nitrogens with zero attached hydrogens (tertiary/aromatic N) is 1. The van der Waals surface area contributed by atoms with Gasteiger partial charge in [0, 0.05) is 19.8 Å². The number of nitrogen functional groups attached to an aromatic ring is 1. The minimum atomic E-state index is -0.974. The largest absolute Gasteiger partial charge is 0.480 e. The first kappa shape index (κ1) is 12.8.